The van der Waals surface area contributed by atoms with Gasteiger partial charge in [-0.3, -0.25) is 0 Å². The van der Waals surface area contributed by atoms with Crippen LogP contribution in [0.25, 0.3) is 88.4 Å². The Bertz CT molecular complexity index is 2640. The molecule has 7 aromatic carbocycles. The summed E-state index contributed by atoms with van der Waals surface area (Å²) in [5.74, 6) is 3.34. The molecular formula is C39H21N3O2. The number of hydrogen-bond donors (Lipinski definition) is 0. The molecule has 0 N–H and O–H groups in total. The summed E-state index contributed by atoms with van der Waals surface area (Å²) in [5, 5.41) is 8.88. The fourth-order valence-electron chi connectivity index (χ4n) is 6.72. The van der Waals surface area contributed by atoms with Gasteiger partial charge in [-0.25, -0.2) is 15.0 Å². The van der Waals surface area contributed by atoms with Crippen LogP contribution < -0.4 is 4.74 Å². The van der Waals surface area contributed by atoms with Crippen molar-refractivity contribution >= 4 is 54.3 Å². The van der Waals surface area contributed by atoms with Gasteiger partial charge in [-0.2, -0.15) is 0 Å². The highest BCUT2D eigenvalue weighted by Crippen LogP contribution is 2.50. The molecule has 3 heterocycles. The first-order chi connectivity index (χ1) is 21.8. The van der Waals surface area contributed by atoms with Gasteiger partial charge in [0.2, 0.25) is 0 Å². The quantitative estimate of drug-likeness (QED) is 0.200. The van der Waals surface area contributed by atoms with Crippen molar-refractivity contribution in [1.82, 2.24) is 15.0 Å². The third-order valence-corrected chi connectivity index (χ3v) is 8.69. The molecule has 10 rings (SSSR count). The number of furan rings is 1. The fourth-order valence-corrected chi connectivity index (χ4v) is 6.72. The van der Waals surface area contributed by atoms with E-state index in [-0.39, 0.29) is 0 Å². The number of ether oxygens (including phenoxy) is 1. The minimum atomic E-state index is 0.555. The number of aromatic nitrogens is 3. The van der Waals surface area contributed by atoms with Gasteiger partial charge in [-0.1, -0.05) is 103 Å². The van der Waals surface area contributed by atoms with E-state index in [1.165, 1.54) is 10.8 Å². The van der Waals surface area contributed by atoms with Crippen molar-refractivity contribution in [3.05, 3.63) is 127 Å². The normalized spacial score (nSPS) is 12.3. The highest BCUT2D eigenvalue weighted by atomic mass is 16.5. The zero-order valence-corrected chi connectivity index (χ0v) is 23.3. The molecule has 44 heavy (non-hydrogen) atoms. The number of nitrogens with zero attached hydrogens (tertiary/aromatic N) is 3. The molecule has 0 spiro atoms. The second kappa shape index (κ2) is 8.72. The van der Waals surface area contributed by atoms with Crippen molar-refractivity contribution in [3.8, 4) is 45.7 Å². The van der Waals surface area contributed by atoms with Crippen molar-refractivity contribution in [2.24, 2.45) is 0 Å². The van der Waals surface area contributed by atoms with E-state index in [4.69, 9.17) is 24.1 Å². The third kappa shape index (κ3) is 3.26. The first-order valence-corrected chi connectivity index (χ1v) is 14.6. The second-order valence-electron chi connectivity index (χ2n) is 11.2. The molecule has 5 heteroatoms. The molecule has 0 saturated heterocycles. The van der Waals surface area contributed by atoms with Crippen LogP contribution in [-0.4, -0.2) is 15.0 Å². The largest absolute Gasteiger partial charge is 0.456 e. The summed E-state index contributed by atoms with van der Waals surface area (Å²) >= 11 is 0. The minimum absolute atomic E-state index is 0.555. The summed E-state index contributed by atoms with van der Waals surface area (Å²) in [5.41, 5.74) is 4.25. The van der Waals surface area contributed by atoms with Gasteiger partial charge < -0.3 is 9.15 Å². The van der Waals surface area contributed by atoms with Crippen molar-refractivity contribution in [2.45, 2.75) is 0 Å². The molecule has 1 aliphatic rings. The molecule has 0 saturated carbocycles. The predicted molar refractivity (Wildman–Crippen MR) is 176 cm³/mol. The van der Waals surface area contributed by atoms with Gasteiger partial charge in [0.05, 0.1) is 5.56 Å². The maximum atomic E-state index is 6.76. The first kappa shape index (κ1) is 23.5. The number of hydrogen-bond acceptors (Lipinski definition) is 5. The number of para-hydroxylation sites is 1. The Labute approximate surface area is 251 Å². The third-order valence-electron chi connectivity index (χ3n) is 8.69. The molecule has 0 bridgehead atoms. The van der Waals surface area contributed by atoms with Gasteiger partial charge in [-0.15, -0.1) is 0 Å². The van der Waals surface area contributed by atoms with Gasteiger partial charge >= 0.3 is 0 Å². The smallest absolute Gasteiger partial charge is 0.167 e. The maximum absolute atomic E-state index is 6.76. The lowest BCUT2D eigenvalue weighted by Crippen LogP contribution is -2.03. The summed E-state index contributed by atoms with van der Waals surface area (Å²) < 4.78 is 13.0. The van der Waals surface area contributed by atoms with Crippen molar-refractivity contribution in [2.75, 3.05) is 0 Å². The van der Waals surface area contributed by atoms with Gasteiger partial charge in [0.15, 0.2) is 17.5 Å². The fraction of sp³-hybridized carbons (Fsp3) is 0. The van der Waals surface area contributed by atoms with E-state index in [2.05, 4.69) is 54.6 Å². The lowest BCUT2D eigenvalue weighted by atomic mass is 9.92. The van der Waals surface area contributed by atoms with Crippen LogP contribution >= 0.6 is 0 Å². The molecule has 0 fully saturated rings. The van der Waals surface area contributed by atoms with Crippen LogP contribution in [0.15, 0.2) is 132 Å². The second-order valence-corrected chi connectivity index (χ2v) is 11.2. The van der Waals surface area contributed by atoms with Gasteiger partial charge in [-0.05, 0) is 40.4 Å². The Morgan fingerprint density at radius 1 is 0.409 bits per heavy atom. The van der Waals surface area contributed by atoms with Crippen LogP contribution in [-0.2, 0) is 0 Å². The monoisotopic (exact) mass is 563 g/mol. The van der Waals surface area contributed by atoms with Gasteiger partial charge in [0, 0.05) is 38.1 Å². The Morgan fingerprint density at radius 2 is 1.07 bits per heavy atom. The van der Waals surface area contributed by atoms with Crippen molar-refractivity contribution in [3.63, 3.8) is 0 Å². The van der Waals surface area contributed by atoms with E-state index < -0.39 is 0 Å². The number of rotatable bonds is 3. The number of benzene rings is 7. The SMILES string of the molecule is c1ccc(-c2nc(-c3ccc4ccc5ccc6cccc7c6c5c4c3O7)nc(-c3cccc4oc5ccccc5c34)n2)cc1. The molecule has 0 unspecified atom stereocenters. The summed E-state index contributed by atoms with van der Waals surface area (Å²) in [6, 6.07) is 43.3. The molecule has 0 radical (unpaired) electrons. The zero-order valence-electron chi connectivity index (χ0n) is 23.3. The molecular weight excluding hydrogens is 542 g/mol. The van der Waals surface area contributed by atoms with Crippen LogP contribution in [0.4, 0.5) is 0 Å². The molecule has 5 nitrogen and oxygen atoms in total. The van der Waals surface area contributed by atoms with E-state index in [0.29, 0.717) is 17.5 Å². The molecule has 9 aromatic rings. The van der Waals surface area contributed by atoms with Gasteiger partial charge in [0.25, 0.3) is 0 Å². The lowest BCUT2D eigenvalue weighted by molar-refractivity contribution is 0.494. The lowest BCUT2D eigenvalue weighted by Gasteiger charge is -2.22. The maximum Gasteiger partial charge on any atom is 0.167 e. The molecule has 0 amide bonds. The zero-order chi connectivity index (χ0) is 28.8. The van der Waals surface area contributed by atoms with Crippen molar-refractivity contribution < 1.29 is 9.15 Å². The van der Waals surface area contributed by atoms with E-state index >= 15 is 0 Å². The van der Waals surface area contributed by atoms with E-state index in [1.807, 2.05) is 72.8 Å². The summed E-state index contributed by atoms with van der Waals surface area (Å²) in [4.78, 5) is 15.3. The molecule has 2 aromatic heterocycles. The Balaban J connectivity index is 1.30. The standard InChI is InChI=1S/C39H21N3O2/c1-2-8-25(9-3-1)37-40-38(27-12-7-15-31-35(27)26-11-4-5-13-29(26)43-31)42-39(41-37)28-21-20-24-19-18-23-17-16-22-10-6-14-30-32(22)33(23)34(24)36(28)44-30/h1-21H. The Morgan fingerprint density at radius 3 is 1.93 bits per heavy atom. The van der Waals surface area contributed by atoms with E-state index in [0.717, 1.165) is 71.7 Å². The first-order valence-electron chi connectivity index (χ1n) is 14.6. The van der Waals surface area contributed by atoms with Crippen molar-refractivity contribution in [1.29, 1.82) is 0 Å². The molecule has 0 aliphatic carbocycles. The summed E-state index contributed by atoms with van der Waals surface area (Å²) in [6.07, 6.45) is 0. The summed E-state index contributed by atoms with van der Waals surface area (Å²) in [6.45, 7) is 0. The van der Waals surface area contributed by atoms with Crippen LogP contribution in [0, 0.1) is 0 Å². The van der Waals surface area contributed by atoms with Gasteiger partial charge in [0.1, 0.15) is 22.7 Å². The minimum Gasteiger partial charge on any atom is -0.456 e. The highest BCUT2D eigenvalue weighted by molar-refractivity contribution is 6.26. The molecule has 1 aliphatic heterocycles. The molecule has 204 valence electrons. The van der Waals surface area contributed by atoms with Crippen LogP contribution in [0.2, 0.25) is 0 Å². The van der Waals surface area contributed by atoms with Crippen LogP contribution in [0.3, 0.4) is 0 Å². The number of fused-ring (bicyclic) bond motifs is 3. The average Bonchev–Trinajstić information content (AvgIpc) is 3.47. The van der Waals surface area contributed by atoms with E-state index in [1.54, 1.807) is 0 Å². The highest BCUT2D eigenvalue weighted by Gasteiger charge is 2.25. The van der Waals surface area contributed by atoms with Crippen LogP contribution in [0.5, 0.6) is 11.5 Å². The Kier molecular flexibility index (Phi) is 4.66. The topological polar surface area (TPSA) is 61.0 Å². The summed E-state index contributed by atoms with van der Waals surface area (Å²) in [7, 11) is 0. The average molecular weight is 564 g/mol. The predicted octanol–water partition coefficient (Wildman–Crippen LogP) is 10.3. The van der Waals surface area contributed by atoms with Crippen LogP contribution in [0.1, 0.15) is 0 Å². The van der Waals surface area contributed by atoms with E-state index in [9.17, 15) is 0 Å². The molecule has 0 atom stereocenters. The Hall–Kier alpha value is -6.07.